The van der Waals surface area contributed by atoms with Gasteiger partial charge in [0.15, 0.2) is 0 Å². The van der Waals surface area contributed by atoms with Crippen LogP contribution in [0.15, 0.2) is 65.5 Å². The van der Waals surface area contributed by atoms with Crippen molar-refractivity contribution in [2.75, 3.05) is 18.5 Å². The Morgan fingerprint density at radius 1 is 1.03 bits per heavy atom. The summed E-state index contributed by atoms with van der Waals surface area (Å²) >= 11 is 5.90. The van der Waals surface area contributed by atoms with Gasteiger partial charge < -0.3 is 15.4 Å². The number of aromatic nitrogens is 2. The molecule has 1 aromatic heterocycles. The maximum Gasteiger partial charge on any atom is 0.267 e. The molecule has 3 rings (SSSR count). The molecule has 0 fully saturated rings. The van der Waals surface area contributed by atoms with Crippen LogP contribution in [0.4, 0.5) is 5.69 Å². The van der Waals surface area contributed by atoms with Crippen molar-refractivity contribution in [1.82, 2.24) is 15.1 Å². The van der Waals surface area contributed by atoms with E-state index in [0.29, 0.717) is 35.3 Å². The zero-order valence-electron chi connectivity index (χ0n) is 16.8. The summed E-state index contributed by atoms with van der Waals surface area (Å²) in [5.41, 5.74) is 1.52. The van der Waals surface area contributed by atoms with Gasteiger partial charge >= 0.3 is 0 Å². The number of carbonyl (C=O) groups excluding carboxylic acids is 2. The van der Waals surface area contributed by atoms with Gasteiger partial charge in [0.2, 0.25) is 11.8 Å². The Morgan fingerprint density at radius 2 is 1.74 bits per heavy atom. The Bertz CT molecular complexity index is 1110. The fourth-order valence-corrected chi connectivity index (χ4v) is 2.83. The molecule has 0 saturated carbocycles. The highest BCUT2D eigenvalue weighted by atomic mass is 35.5. The van der Waals surface area contributed by atoms with E-state index in [1.165, 1.54) is 13.0 Å². The van der Waals surface area contributed by atoms with Crippen molar-refractivity contribution in [2.45, 2.75) is 13.5 Å². The summed E-state index contributed by atoms with van der Waals surface area (Å²) in [6.07, 6.45) is 0. The average Bonchev–Trinajstić information content (AvgIpc) is 2.74. The largest absolute Gasteiger partial charge is 0.492 e. The molecular formula is C22H21ClN4O4. The lowest BCUT2D eigenvalue weighted by Gasteiger charge is -2.10. The minimum Gasteiger partial charge on any atom is -0.492 e. The van der Waals surface area contributed by atoms with Crippen molar-refractivity contribution >= 4 is 29.1 Å². The summed E-state index contributed by atoms with van der Waals surface area (Å²) in [5, 5.41) is 10.2. The Hall–Kier alpha value is -3.65. The highest BCUT2D eigenvalue weighted by Crippen LogP contribution is 2.18. The first kappa shape index (κ1) is 22.0. The summed E-state index contributed by atoms with van der Waals surface area (Å²) in [5.74, 6) is 0.105. The van der Waals surface area contributed by atoms with Gasteiger partial charge in [-0.15, -0.1) is 0 Å². The molecule has 2 N–H and O–H groups in total. The van der Waals surface area contributed by atoms with Gasteiger partial charge in [-0.2, -0.15) is 5.10 Å². The first-order valence-electron chi connectivity index (χ1n) is 9.52. The van der Waals surface area contributed by atoms with E-state index in [-0.39, 0.29) is 23.9 Å². The molecule has 9 heteroatoms. The third-order valence-electron chi connectivity index (χ3n) is 4.18. The van der Waals surface area contributed by atoms with E-state index in [1.807, 2.05) is 0 Å². The second-order valence-corrected chi connectivity index (χ2v) is 7.06. The SMILES string of the molecule is CC(=O)NCCOc1ccc(NC(=O)Cn2nc(-c3ccc(Cl)cc3)ccc2=O)cc1. The summed E-state index contributed by atoms with van der Waals surface area (Å²) in [4.78, 5) is 35.3. The average molecular weight is 441 g/mol. The number of nitrogens with one attached hydrogen (secondary N) is 2. The molecule has 2 amide bonds. The zero-order valence-corrected chi connectivity index (χ0v) is 17.6. The summed E-state index contributed by atoms with van der Waals surface area (Å²) in [7, 11) is 0. The zero-order chi connectivity index (χ0) is 22.2. The molecule has 0 radical (unpaired) electrons. The van der Waals surface area contributed by atoms with Crippen LogP contribution in [0, 0.1) is 0 Å². The maximum absolute atomic E-state index is 12.4. The molecule has 0 saturated heterocycles. The van der Waals surface area contributed by atoms with Crippen LogP contribution < -0.4 is 20.9 Å². The fourth-order valence-electron chi connectivity index (χ4n) is 2.70. The number of ether oxygens (including phenoxy) is 1. The standard InChI is InChI=1S/C22H21ClN4O4/c1-15(28)24-12-13-31-19-8-6-18(7-9-19)25-21(29)14-27-22(30)11-10-20(26-27)16-2-4-17(23)5-3-16/h2-11H,12-14H2,1H3,(H,24,28)(H,25,29). The monoisotopic (exact) mass is 440 g/mol. The smallest absolute Gasteiger partial charge is 0.267 e. The van der Waals surface area contributed by atoms with Gasteiger partial charge in [-0.1, -0.05) is 23.7 Å². The van der Waals surface area contributed by atoms with Crippen molar-refractivity contribution in [3.05, 3.63) is 76.0 Å². The van der Waals surface area contributed by atoms with Crippen LogP contribution >= 0.6 is 11.6 Å². The Kier molecular flexibility index (Phi) is 7.40. The Balaban J connectivity index is 1.59. The number of halogens is 1. The van der Waals surface area contributed by atoms with E-state index in [1.54, 1.807) is 54.6 Å². The van der Waals surface area contributed by atoms with Gasteiger partial charge in [0.05, 0.1) is 12.2 Å². The van der Waals surface area contributed by atoms with Gasteiger partial charge in [0, 0.05) is 29.3 Å². The van der Waals surface area contributed by atoms with E-state index >= 15 is 0 Å². The van der Waals surface area contributed by atoms with Crippen LogP contribution in [0.25, 0.3) is 11.3 Å². The molecule has 8 nitrogen and oxygen atoms in total. The molecule has 1 heterocycles. The quantitative estimate of drug-likeness (QED) is 0.524. The predicted molar refractivity (Wildman–Crippen MR) is 118 cm³/mol. The molecule has 31 heavy (non-hydrogen) atoms. The van der Waals surface area contributed by atoms with E-state index in [2.05, 4.69) is 15.7 Å². The summed E-state index contributed by atoms with van der Waals surface area (Å²) in [6.45, 7) is 1.96. The molecule has 0 aliphatic heterocycles. The highest BCUT2D eigenvalue weighted by Gasteiger charge is 2.09. The number of carbonyl (C=O) groups is 2. The van der Waals surface area contributed by atoms with E-state index < -0.39 is 0 Å². The van der Waals surface area contributed by atoms with E-state index in [9.17, 15) is 14.4 Å². The summed E-state index contributed by atoms with van der Waals surface area (Å²) < 4.78 is 6.61. The van der Waals surface area contributed by atoms with Gasteiger partial charge in [0.1, 0.15) is 18.9 Å². The predicted octanol–water partition coefficient (Wildman–Crippen LogP) is 2.72. The van der Waals surface area contributed by atoms with Crippen LogP contribution in [-0.4, -0.2) is 34.7 Å². The number of hydrogen-bond donors (Lipinski definition) is 2. The Morgan fingerprint density at radius 3 is 2.42 bits per heavy atom. The molecule has 0 spiro atoms. The van der Waals surface area contributed by atoms with Crippen molar-refractivity contribution in [3.8, 4) is 17.0 Å². The second kappa shape index (κ2) is 10.4. The molecule has 160 valence electrons. The molecule has 0 aliphatic carbocycles. The molecule has 3 aromatic rings. The normalized spacial score (nSPS) is 10.4. The topological polar surface area (TPSA) is 102 Å². The third kappa shape index (κ3) is 6.68. The molecule has 0 atom stereocenters. The molecule has 0 bridgehead atoms. The third-order valence-corrected chi connectivity index (χ3v) is 4.43. The van der Waals surface area contributed by atoms with E-state index in [4.69, 9.17) is 16.3 Å². The summed E-state index contributed by atoms with van der Waals surface area (Å²) in [6, 6.07) is 16.8. The first-order valence-corrected chi connectivity index (χ1v) is 9.90. The lowest BCUT2D eigenvalue weighted by atomic mass is 10.1. The first-order chi connectivity index (χ1) is 14.9. The van der Waals surface area contributed by atoms with Crippen LogP contribution in [0.3, 0.4) is 0 Å². The van der Waals surface area contributed by atoms with Crippen molar-refractivity contribution in [1.29, 1.82) is 0 Å². The molecular weight excluding hydrogens is 420 g/mol. The minimum absolute atomic E-state index is 0.117. The number of benzene rings is 2. The van der Waals surface area contributed by atoms with Crippen LogP contribution in [0.2, 0.25) is 5.02 Å². The number of anilines is 1. The lowest BCUT2D eigenvalue weighted by Crippen LogP contribution is -2.29. The highest BCUT2D eigenvalue weighted by molar-refractivity contribution is 6.30. The molecule has 0 unspecified atom stereocenters. The van der Waals surface area contributed by atoms with Gasteiger partial charge in [-0.05, 0) is 42.5 Å². The number of amides is 2. The maximum atomic E-state index is 12.4. The number of rotatable bonds is 8. The van der Waals surface area contributed by atoms with Crippen molar-refractivity contribution in [2.24, 2.45) is 0 Å². The van der Waals surface area contributed by atoms with Crippen LogP contribution in [0.5, 0.6) is 5.75 Å². The van der Waals surface area contributed by atoms with Crippen molar-refractivity contribution < 1.29 is 14.3 Å². The lowest BCUT2D eigenvalue weighted by molar-refractivity contribution is -0.119. The van der Waals surface area contributed by atoms with Crippen molar-refractivity contribution in [3.63, 3.8) is 0 Å². The Labute approximate surface area is 183 Å². The van der Waals surface area contributed by atoms with E-state index in [0.717, 1.165) is 10.2 Å². The minimum atomic E-state index is -0.387. The van der Waals surface area contributed by atoms with Gasteiger partial charge in [-0.3, -0.25) is 14.4 Å². The molecule has 0 aliphatic rings. The number of nitrogens with zero attached hydrogens (tertiary/aromatic N) is 2. The van der Waals surface area contributed by atoms with Gasteiger partial charge in [0.25, 0.3) is 5.56 Å². The molecule has 2 aromatic carbocycles. The fraction of sp³-hybridized carbons (Fsp3) is 0.182. The second-order valence-electron chi connectivity index (χ2n) is 6.63. The van der Waals surface area contributed by atoms with Crippen LogP contribution in [0.1, 0.15) is 6.92 Å². The van der Waals surface area contributed by atoms with Crippen LogP contribution in [-0.2, 0) is 16.1 Å². The number of hydrogen-bond acceptors (Lipinski definition) is 5. The van der Waals surface area contributed by atoms with Gasteiger partial charge in [-0.25, -0.2) is 4.68 Å².